The fourth-order valence-corrected chi connectivity index (χ4v) is 2.34. The van der Waals surface area contributed by atoms with Crippen LogP contribution in [0.1, 0.15) is 50.7 Å². The van der Waals surface area contributed by atoms with Crippen LogP contribution in [0.2, 0.25) is 0 Å². The number of rotatable bonds is 1. The summed E-state index contributed by atoms with van der Waals surface area (Å²) in [5.41, 5.74) is 3.19. The number of hydrogen-bond donors (Lipinski definition) is 0. The molecule has 1 aliphatic rings. The Morgan fingerprint density at radius 1 is 1.00 bits per heavy atom. The second-order valence-corrected chi connectivity index (χ2v) is 5.82. The third-order valence-corrected chi connectivity index (χ3v) is 3.52. The molecular weight excluding hydrogens is 194 g/mol. The molecule has 0 aromatic heterocycles. The average Bonchev–Trinajstić information content (AvgIpc) is 2.29. The summed E-state index contributed by atoms with van der Waals surface area (Å²) in [5, 5.41) is 4.41. The molecule has 1 heteroatoms. The molecule has 1 aromatic carbocycles. The summed E-state index contributed by atoms with van der Waals surface area (Å²) in [6.45, 7) is 8.89. The smallest absolute Gasteiger partial charge is 0.0139 e. The molecule has 2 rings (SSSR count). The second-order valence-electron chi connectivity index (χ2n) is 5.82. The monoisotopic (exact) mass is 216 g/mol. The van der Waals surface area contributed by atoms with E-state index in [1.165, 1.54) is 24.0 Å². The average molecular weight is 216 g/mol. The van der Waals surface area contributed by atoms with Gasteiger partial charge >= 0.3 is 0 Å². The molecule has 1 fully saturated rings. The third-order valence-electron chi connectivity index (χ3n) is 3.52. The molecule has 1 aromatic rings. The molecule has 0 N–H and O–H groups in total. The van der Waals surface area contributed by atoms with E-state index in [1.54, 1.807) is 0 Å². The van der Waals surface area contributed by atoms with E-state index in [0.29, 0.717) is 0 Å². The summed E-state index contributed by atoms with van der Waals surface area (Å²) < 4.78 is 0. The van der Waals surface area contributed by atoms with Gasteiger partial charge in [0.25, 0.3) is 0 Å². The zero-order chi connectivity index (χ0) is 11.6. The fourth-order valence-electron chi connectivity index (χ4n) is 2.34. The van der Waals surface area contributed by atoms with Crippen molar-refractivity contribution in [3.63, 3.8) is 0 Å². The van der Waals surface area contributed by atoms with Crippen molar-refractivity contribution < 1.29 is 0 Å². The summed E-state index contributed by atoms with van der Waals surface area (Å²) in [4.78, 5) is 0. The Hall–Kier alpha value is -0.820. The van der Waals surface area contributed by atoms with Crippen LogP contribution in [0.5, 0.6) is 0 Å². The normalized spacial score (nSPS) is 18.7. The minimum atomic E-state index is 0.264. The van der Waals surface area contributed by atoms with E-state index in [4.69, 9.17) is 0 Å². The van der Waals surface area contributed by atoms with Crippen LogP contribution in [0.15, 0.2) is 24.3 Å². The van der Waals surface area contributed by atoms with Crippen molar-refractivity contribution in [3.8, 4) is 0 Å². The minimum Gasteiger partial charge on any atom is -0.242 e. The Bertz CT molecular complexity index is 325. The van der Waals surface area contributed by atoms with Crippen LogP contribution >= 0.6 is 0 Å². The second kappa shape index (κ2) is 4.58. The molecule has 87 valence electrons. The highest BCUT2D eigenvalue weighted by Crippen LogP contribution is 2.28. The molecule has 0 atom stereocenters. The van der Waals surface area contributed by atoms with E-state index in [0.717, 1.165) is 19.0 Å². The Kier molecular flexibility index (Phi) is 3.34. The van der Waals surface area contributed by atoms with Crippen LogP contribution < -0.4 is 5.32 Å². The zero-order valence-corrected chi connectivity index (χ0v) is 10.7. The van der Waals surface area contributed by atoms with Gasteiger partial charge in [0.15, 0.2) is 0 Å². The van der Waals surface area contributed by atoms with E-state index >= 15 is 0 Å². The van der Waals surface area contributed by atoms with E-state index in [-0.39, 0.29) is 5.41 Å². The lowest BCUT2D eigenvalue weighted by molar-refractivity contribution is 0.453. The van der Waals surface area contributed by atoms with Crippen LogP contribution in [0.25, 0.3) is 0 Å². The highest BCUT2D eigenvalue weighted by molar-refractivity contribution is 5.29. The van der Waals surface area contributed by atoms with Gasteiger partial charge in [0, 0.05) is 13.1 Å². The predicted octanol–water partition coefficient (Wildman–Crippen LogP) is 3.47. The first-order valence-electron chi connectivity index (χ1n) is 6.31. The Morgan fingerprint density at radius 3 is 2.06 bits per heavy atom. The highest BCUT2D eigenvalue weighted by Gasteiger charge is 2.17. The first-order chi connectivity index (χ1) is 7.57. The van der Waals surface area contributed by atoms with Gasteiger partial charge in [-0.1, -0.05) is 45.0 Å². The topological polar surface area (TPSA) is 14.1 Å². The minimum absolute atomic E-state index is 0.264. The van der Waals surface area contributed by atoms with Crippen LogP contribution in [-0.4, -0.2) is 13.1 Å². The standard InChI is InChI=1S/C15H22N/c1-15(2,3)14-6-4-12(5-7-14)13-8-10-16-11-9-13/h4-7,13H,8-11H2,1-3H3. The first kappa shape index (κ1) is 11.7. The van der Waals surface area contributed by atoms with Crippen molar-refractivity contribution in [2.45, 2.75) is 44.9 Å². The Labute approximate surface area is 99.3 Å². The lowest BCUT2D eigenvalue weighted by Crippen LogP contribution is -2.21. The molecule has 0 aliphatic carbocycles. The molecule has 0 unspecified atom stereocenters. The van der Waals surface area contributed by atoms with Crippen molar-refractivity contribution in [2.75, 3.05) is 13.1 Å². The predicted molar refractivity (Wildman–Crippen MR) is 69.0 cm³/mol. The maximum Gasteiger partial charge on any atom is 0.0139 e. The Balaban J connectivity index is 2.12. The van der Waals surface area contributed by atoms with Crippen molar-refractivity contribution in [3.05, 3.63) is 35.4 Å². The molecule has 0 amide bonds. The van der Waals surface area contributed by atoms with Gasteiger partial charge in [0.1, 0.15) is 0 Å². The van der Waals surface area contributed by atoms with Crippen molar-refractivity contribution >= 4 is 0 Å². The van der Waals surface area contributed by atoms with Gasteiger partial charge in [-0.25, -0.2) is 5.32 Å². The molecule has 1 saturated heterocycles. The van der Waals surface area contributed by atoms with Crippen molar-refractivity contribution in [2.24, 2.45) is 0 Å². The number of nitrogens with zero attached hydrogens (tertiary/aromatic N) is 1. The molecule has 16 heavy (non-hydrogen) atoms. The molecule has 1 radical (unpaired) electrons. The van der Waals surface area contributed by atoms with Crippen molar-refractivity contribution in [1.29, 1.82) is 0 Å². The number of piperidine rings is 1. The maximum atomic E-state index is 4.41. The van der Waals surface area contributed by atoms with Gasteiger partial charge in [-0.05, 0) is 35.3 Å². The molecule has 0 spiro atoms. The van der Waals surface area contributed by atoms with Gasteiger partial charge in [0.2, 0.25) is 0 Å². The molecule has 1 nitrogen and oxygen atoms in total. The maximum absolute atomic E-state index is 4.41. The van der Waals surface area contributed by atoms with Gasteiger partial charge in [-0.3, -0.25) is 0 Å². The third kappa shape index (κ3) is 2.65. The van der Waals surface area contributed by atoms with Crippen LogP contribution in [0, 0.1) is 0 Å². The van der Waals surface area contributed by atoms with Crippen LogP contribution in [-0.2, 0) is 5.41 Å². The lowest BCUT2D eigenvalue weighted by Gasteiger charge is -2.24. The van der Waals surface area contributed by atoms with Gasteiger partial charge in [-0.2, -0.15) is 0 Å². The van der Waals surface area contributed by atoms with E-state index in [1.807, 2.05) is 0 Å². The summed E-state index contributed by atoms with van der Waals surface area (Å²) >= 11 is 0. The van der Waals surface area contributed by atoms with E-state index in [9.17, 15) is 0 Å². The van der Waals surface area contributed by atoms with Gasteiger partial charge < -0.3 is 0 Å². The molecule has 0 bridgehead atoms. The Morgan fingerprint density at radius 2 is 1.56 bits per heavy atom. The van der Waals surface area contributed by atoms with E-state index in [2.05, 4.69) is 50.4 Å². The highest BCUT2D eigenvalue weighted by atomic mass is 14.9. The fraction of sp³-hybridized carbons (Fsp3) is 0.600. The van der Waals surface area contributed by atoms with E-state index < -0.39 is 0 Å². The largest absolute Gasteiger partial charge is 0.242 e. The van der Waals surface area contributed by atoms with Crippen LogP contribution in [0.4, 0.5) is 0 Å². The quantitative estimate of drug-likeness (QED) is 0.682. The lowest BCUT2D eigenvalue weighted by atomic mass is 9.84. The molecule has 0 saturated carbocycles. The summed E-state index contributed by atoms with van der Waals surface area (Å²) in [6, 6.07) is 9.22. The SMILES string of the molecule is CC(C)(C)c1ccc(C2CC[N]CC2)cc1. The zero-order valence-electron chi connectivity index (χ0n) is 10.7. The summed E-state index contributed by atoms with van der Waals surface area (Å²) in [6.07, 6.45) is 2.46. The van der Waals surface area contributed by atoms with Gasteiger partial charge in [-0.15, -0.1) is 0 Å². The van der Waals surface area contributed by atoms with Gasteiger partial charge in [0.05, 0.1) is 0 Å². The number of hydrogen-bond acceptors (Lipinski definition) is 0. The number of benzene rings is 1. The first-order valence-corrected chi connectivity index (χ1v) is 6.31. The molecular formula is C15H22N. The molecule has 1 aliphatic heterocycles. The summed E-state index contributed by atoms with van der Waals surface area (Å²) in [5.74, 6) is 0.742. The molecule has 1 heterocycles. The summed E-state index contributed by atoms with van der Waals surface area (Å²) in [7, 11) is 0. The van der Waals surface area contributed by atoms with Crippen LogP contribution in [0.3, 0.4) is 0 Å². The van der Waals surface area contributed by atoms with Crippen molar-refractivity contribution in [1.82, 2.24) is 5.32 Å².